The van der Waals surface area contributed by atoms with Crippen molar-refractivity contribution in [3.63, 3.8) is 0 Å². The molecule has 0 aromatic carbocycles. The summed E-state index contributed by atoms with van der Waals surface area (Å²) in [7, 11) is 0. The van der Waals surface area contributed by atoms with Crippen molar-refractivity contribution >= 4 is 23.7 Å². The van der Waals surface area contributed by atoms with E-state index in [-0.39, 0.29) is 0 Å². The van der Waals surface area contributed by atoms with E-state index in [4.69, 9.17) is 10.2 Å². The predicted molar refractivity (Wildman–Crippen MR) is 32.2 cm³/mol. The van der Waals surface area contributed by atoms with E-state index >= 15 is 0 Å². The van der Waals surface area contributed by atoms with E-state index in [2.05, 4.69) is 0 Å². The van der Waals surface area contributed by atoms with Gasteiger partial charge in [0.25, 0.3) is 0 Å². The van der Waals surface area contributed by atoms with Gasteiger partial charge in [0.15, 0.2) is 5.60 Å². The molecule has 0 amide bonds. The van der Waals surface area contributed by atoms with Gasteiger partial charge in [-0.15, -0.1) is 0 Å². The van der Waals surface area contributed by atoms with E-state index in [1.165, 1.54) is 0 Å². The molecule has 8 nitrogen and oxygen atoms in total. The topological polar surface area (TPSA) is 155 Å². The zero-order chi connectivity index (χ0) is 11.5. The van der Waals surface area contributed by atoms with E-state index in [0.717, 1.165) is 0 Å². The summed E-state index contributed by atoms with van der Waals surface area (Å²) in [6.07, 6.45) is -1.61. The molecule has 0 saturated heterocycles. The van der Waals surface area contributed by atoms with Crippen LogP contribution in [-0.2, 0) is 19.2 Å². The Labute approximate surface area is 76.4 Å². The molecule has 0 aliphatic rings. The first-order chi connectivity index (χ1) is 6.21. The van der Waals surface area contributed by atoms with Gasteiger partial charge in [-0.2, -0.15) is 0 Å². The summed E-state index contributed by atoms with van der Waals surface area (Å²) in [5, 5.41) is 37.1. The van der Waals surface area contributed by atoms with Gasteiger partial charge < -0.3 is 30.0 Å². The molecule has 78 valence electrons. The van der Waals surface area contributed by atoms with Crippen LogP contribution in [0.25, 0.3) is 0 Å². The molecule has 14 heavy (non-hydrogen) atoms. The fraction of sp³-hybridized carbons (Fsp3) is 0.333. The SMILES string of the molecule is O=C(O)CC(O)(C(=O)[O-])C(=O)C(=O)[O-]. The number of aliphatic hydroxyl groups is 1. The Balaban J connectivity index is 5.10. The minimum absolute atomic E-state index is 1.61. The number of carbonyl (C=O) groups excluding carboxylic acids is 3. The first-order valence-electron chi connectivity index (χ1n) is 3.13. The molecular formula is C6H4O8-2. The lowest BCUT2D eigenvalue weighted by Gasteiger charge is -2.25. The summed E-state index contributed by atoms with van der Waals surface area (Å²) in [6, 6.07) is 0. The summed E-state index contributed by atoms with van der Waals surface area (Å²) >= 11 is 0. The van der Waals surface area contributed by atoms with Crippen molar-refractivity contribution in [2.45, 2.75) is 12.0 Å². The summed E-state index contributed by atoms with van der Waals surface area (Å²) in [4.78, 5) is 40.7. The van der Waals surface area contributed by atoms with E-state index in [0.29, 0.717) is 0 Å². The molecule has 0 fully saturated rings. The average Bonchev–Trinajstić information content (AvgIpc) is 2.00. The summed E-state index contributed by atoms with van der Waals surface area (Å²) in [5.41, 5.74) is -3.59. The van der Waals surface area contributed by atoms with Crippen molar-refractivity contribution in [3.8, 4) is 0 Å². The fourth-order valence-electron chi connectivity index (χ4n) is 0.633. The third-order valence-corrected chi connectivity index (χ3v) is 1.31. The zero-order valence-corrected chi connectivity index (χ0v) is 6.55. The summed E-state index contributed by atoms with van der Waals surface area (Å²) in [5.74, 6) is -9.14. The maximum absolute atomic E-state index is 10.5. The van der Waals surface area contributed by atoms with Gasteiger partial charge in [-0.25, -0.2) is 0 Å². The van der Waals surface area contributed by atoms with E-state index < -0.39 is 35.7 Å². The molecule has 0 bridgehead atoms. The molecule has 0 aliphatic carbocycles. The van der Waals surface area contributed by atoms with Crippen molar-refractivity contribution in [2.75, 3.05) is 0 Å². The highest BCUT2D eigenvalue weighted by Crippen LogP contribution is 2.10. The minimum atomic E-state index is -3.59. The van der Waals surface area contributed by atoms with Crippen molar-refractivity contribution < 1.29 is 39.6 Å². The van der Waals surface area contributed by atoms with Crippen LogP contribution >= 0.6 is 0 Å². The second kappa shape index (κ2) is 3.83. The first kappa shape index (κ1) is 12.0. The summed E-state index contributed by atoms with van der Waals surface area (Å²) in [6.45, 7) is 0. The molecule has 8 heteroatoms. The smallest absolute Gasteiger partial charge is 0.307 e. The van der Waals surface area contributed by atoms with Crippen LogP contribution in [0, 0.1) is 0 Å². The lowest BCUT2D eigenvalue weighted by atomic mass is 9.94. The van der Waals surface area contributed by atoms with E-state index in [1.807, 2.05) is 0 Å². The van der Waals surface area contributed by atoms with Crippen LogP contribution < -0.4 is 10.2 Å². The summed E-state index contributed by atoms with van der Waals surface area (Å²) < 4.78 is 0. The second-order valence-electron chi connectivity index (χ2n) is 2.33. The average molecular weight is 204 g/mol. The largest absolute Gasteiger partial charge is 0.546 e. The van der Waals surface area contributed by atoms with Gasteiger partial charge in [0.05, 0.1) is 12.4 Å². The Morgan fingerprint density at radius 2 is 1.57 bits per heavy atom. The number of carboxylic acids is 3. The number of aliphatic carboxylic acids is 3. The number of rotatable bonds is 5. The predicted octanol–water partition coefficient (Wildman–Crippen LogP) is -4.74. The number of carboxylic acid groups (broad SMARTS) is 3. The molecule has 1 unspecified atom stereocenters. The number of Topliss-reactive ketones (excluding diaryl/α,β-unsaturated/α-hetero) is 1. The van der Waals surface area contributed by atoms with Gasteiger partial charge in [-0.05, 0) is 0 Å². The highest BCUT2D eigenvalue weighted by atomic mass is 16.4. The Morgan fingerprint density at radius 1 is 1.14 bits per heavy atom. The third-order valence-electron chi connectivity index (χ3n) is 1.31. The van der Waals surface area contributed by atoms with Crippen LogP contribution in [0.3, 0.4) is 0 Å². The Kier molecular flexibility index (Phi) is 3.30. The molecule has 0 aromatic heterocycles. The van der Waals surface area contributed by atoms with Gasteiger partial charge in [0.1, 0.15) is 5.97 Å². The molecule has 0 radical (unpaired) electrons. The highest BCUT2D eigenvalue weighted by molar-refractivity contribution is 6.40. The first-order valence-corrected chi connectivity index (χ1v) is 3.13. The molecule has 2 N–H and O–H groups in total. The van der Waals surface area contributed by atoms with Gasteiger partial charge in [-0.1, -0.05) is 0 Å². The molecule has 0 heterocycles. The molecule has 0 spiro atoms. The molecule has 0 aliphatic heterocycles. The van der Waals surface area contributed by atoms with Crippen molar-refractivity contribution in [3.05, 3.63) is 0 Å². The lowest BCUT2D eigenvalue weighted by molar-refractivity contribution is -0.326. The number of ketones is 1. The maximum Gasteiger partial charge on any atom is 0.307 e. The number of hydrogen-bond acceptors (Lipinski definition) is 7. The van der Waals surface area contributed by atoms with Crippen LogP contribution in [0.1, 0.15) is 6.42 Å². The van der Waals surface area contributed by atoms with Gasteiger partial charge in [-0.3, -0.25) is 9.59 Å². The van der Waals surface area contributed by atoms with Crippen LogP contribution in [0.4, 0.5) is 0 Å². The second-order valence-corrected chi connectivity index (χ2v) is 2.33. The quantitative estimate of drug-likeness (QED) is 0.334. The van der Waals surface area contributed by atoms with Crippen LogP contribution in [0.2, 0.25) is 0 Å². The van der Waals surface area contributed by atoms with E-state index in [1.54, 1.807) is 0 Å². The Bertz CT molecular complexity index is 305. The van der Waals surface area contributed by atoms with Crippen LogP contribution in [-0.4, -0.2) is 39.5 Å². The van der Waals surface area contributed by atoms with E-state index in [9.17, 15) is 29.4 Å². The Hall–Kier alpha value is -1.96. The number of carbonyl (C=O) groups is 4. The van der Waals surface area contributed by atoms with Crippen molar-refractivity contribution in [1.29, 1.82) is 0 Å². The van der Waals surface area contributed by atoms with Gasteiger partial charge in [0, 0.05) is 0 Å². The van der Waals surface area contributed by atoms with Gasteiger partial charge in [0.2, 0.25) is 5.78 Å². The maximum atomic E-state index is 10.5. The van der Waals surface area contributed by atoms with Crippen LogP contribution in [0.5, 0.6) is 0 Å². The third kappa shape index (κ3) is 2.26. The molecular weight excluding hydrogens is 200 g/mol. The lowest BCUT2D eigenvalue weighted by Crippen LogP contribution is -2.59. The minimum Gasteiger partial charge on any atom is -0.546 e. The monoisotopic (exact) mass is 204 g/mol. The highest BCUT2D eigenvalue weighted by Gasteiger charge is 2.40. The number of hydrogen-bond donors (Lipinski definition) is 2. The Morgan fingerprint density at radius 3 is 1.79 bits per heavy atom. The molecule has 0 aromatic rings. The standard InChI is InChI=1S/C6H6O8/c7-2(8)1-6(14,5(12)13)3(9)4(10)11/h14H,1H2,(H,7,8)(H,10,11)(H,12,13)/p-2. The molecule has 0 saturated carbocycles. The zero-order valence-electron chi connectivity index (χ0n) is 6.55. The fourth-order valence-corrected chi connectivity index (χ4v) is 0.633. The molecule has 1 atom stereocenters. The van der Waals surface area contributed by atoms with Crippen molar-refractivity contribution in [2.24, 2.45) is 0 Å². The van der Waals surface area contributed by atoms with Crippen LogP contribution in [0.15, 0.2) is 0 Å². The van der Waals surface area contributed by atoms with Crippen molar-refractivity contribution in [1.82, 2.24) is 0 Å². The normalized spacial score (nSPS) is 14.1. The van der Waals surface area contributed by atoms with Gasteiger partial charge >= 0.3 is 5.97 Å². The molecule has 0 rings (SSSR count).